The molecule has 10 atom stereocenters. The first-order valence-corrected chi connectivity index (χ1v) is 14.1. The van der Waals surface area contributed by atoms with Gasteiger partial charge in [-0.05, 0) is 28.1 Å². The number of rotatable bonds is 6. The van der Waals surface area contributed by atoms with Crippen LogP contribution < -0.4 is 0 Å². The lowest BCUT2D eigenvalue weighted by molar-refractivity contribution is -0.509. The van der Waals surface area contributed by atoms with Crippen LogP contribution in [0.25, 0.3) is 21.8 Å². The number of benzene rings is 2. The van der Waals surface area contributed by atoms with Gasteiger partial charge in [0, 0.05) is 45.3 Å². The minimum absolute atomic E-state index is 0.00599. The molecule has 6 rings (SSSR count). The number of aliphatic hydroxyl groups excluding tert-OH is 6. The van der Waals surface area contributed by atoms with Crippen LogP contribution in [-0.4, -0.2) is 116 Å². The minimum Gasteiger partial charge on any atom is -0.394 e. The van der Waals surface area contributed by atoms with E-state index in [1.807, 2.05) is 0 Å². The molecule has 4 heterocycles. The van der Waals surface area contributed by atoms with Gasteiger partial charge in [0.05, 0.1) is 13.2 Å². The Labute approximate surface area is 251 Å². The van der Waals surface area contributed by atoms with Crippen molar-refractivity contribution in [3.8, 4) is 0 Å². The molecule has 11 N–H and O–H groups in total. The van der Waals surface area contributed by atoms with Crippen LogP contribution in [0.15, 0.2) is 60.9 Å². The number of H-pyrrole nitrogens is 2. The number of ether oxygens (including phenoxy) is 3. The zero-order valence-corrected chi connectivity index (χ0v) is 23.9. The quantitative estimate of drug-likeness (QED) is 0.0847. The van der Waals surface area contributed by atoms with E-state index in [-0.39, 0.29) is 11.1 Å². The van der Waals surface area contributed by atoms with E-state index >= 15 is 0 Å². The van der Waals surface area contributed by atoms with E-state index in [1.165, 1.54) is 12.4 Å². The maximum atomic E-state index is 12.0. The summed E-state index contributed by atoms with van der Waals surface area (Å²) >= 11 is 3.00. The second-order valence-corrected chi connectivity index (χ2v) is 12.2. The van der Waals surface area contributed by atoms with Gasteiger partial charge in [0.25, 0.3) is 0 Å². The molecule has 0 radical (unpaired) electrons. The second-order valence-electron chi connectivity index (χ2n) is 10.9. The van der Waals surface area contributed by atoms with Crippen LogP contribution in [0.2, 0.25) is 0 Å². The molecule has 0 bridgehead atoms. The molecule has 0 aliphatic carbocycles. The van der Waals surface area contributed by atoms with Crippen LogP contribution in [0.4, 0.5) is 0 Å². The smallest absolute Gasteiger partial charge is 0.315 e. The Hall–Kier alpha value is -2.48. The lowest BCUT2D eigenvalue weighted by Crippen LogP contribution is -2.76. The van der Waals surface area contributed by atoms with Gasteiger partial charge in [-0.1, -0.05) is 36.4 Å². The van der Waals surface area contributed by atoms with Crippen LogP contribution in [-0.2, 0) is 25.4 Å². The van der Waals surface area contributed by atoms with Crippen molar-refractivity contribution in [2.24, 2.45) is 0 Å². The van der Waals surface area contributed by atoms with Gasteiger partial charge < -0.3 is 65.4 Å². The van der Waals surface area contributed by atoms with E-state index in [0.29, 0.717) is 21.8 Å². The van der Waals surface area contributed by atoms with Crippen LogP contribution in [0, 0.1) is 0 Å². The number of alkyl halides is 1. The molecule has 0 unspecified atom stereocenters. The zero-order valence-electron chi connectivity index (χ0n) is 22.3. The molecule has 232 valence electrons. The number of halogens is 1. The summed E-state index contributed by atoms with van der Waals surface area (Å²) in [5.41, 5.74) is -4.44. The fourth-order valence-corrected chi connectivity index (χ4v) is 6.71. The summed E-state index contributed by atoms with van der Waals surface area (Å²) in [5, 5.41) is 102. The molecule has 15 heteroatoms. The third-order valence-corrected chi connectivity index (χ3v) is 9.29. The Balaban J connectivity index is 1.43. The van der Waals surface area contributed by atoms with Gasteiger partial charge in [-0.15, -0.1) is 0 Å². The fraction of sp³-hybridized carbons (Fsp3) is 0.429. The monoisotopic (exact) mass is 666 g/mol. The lowest BCUT2D eigenvalue weighted by atomic mass is 9.77. The number of fused-ring (bicyclic) bond motifs is 2. The van der Waals surface area contributed by atoms with Gasteiger partial charge in [0.1, 0.15) is 24.4 Å². The number of hydrogen-bond acceptors (Lipinski definition) is 12. The largest absolute Gasteiger partial charge is 0.394 e. The predicted molar refractivity (Wildman–Crippen MR) is 150 cm³/mol. The molecule has 14 nitrogen and oxygen atoms in total. The molecular formula is C28H31BrN2O12. The highest BCUT2D eigenvalue weighted by atomic mass is 79.9. The summed E-state index contributed by atoms with van der Waals surface area (Å²) in [5.74, 6) is -3.37. The van der Waals surface area contributed by atoms with Crippen LogP contribution in [0.5, 0.6) is 0 Å². The molecular weight excluding hydrogens is 636 g/mol. The van der Waals surface area contributed by atoms with E-state index in [1.54, 1.807) is 48.5 Å². The van der Waals surface area contributed by atoms with Crippen LogP contribution in [0.3, 0.4) is 0 Å². The SMILES string of the molecule is OC[C@H]1O[C@H](O[C@@]2(O)O[C@](Br)(CO)[C@H](O)[C@@](O)(c3c[nH]c4ccccc34)[C@H]2O)[C@H](O)[C@](O)(c2c[nH]c3ccccc23)[C@H]1O. The van der Waals surface area contributed by atoms with Crippen molar-refractivity contribution in [2.45, 2.75) is 58.5 Å². The number of hydrogen-bond donors (Lipinski definition) is 11. The molecule has 4 aromatic rings. The third-order valence-electron chi connectivity index (χ3n) is 8.45. The zero-order chi connectivity index (χ0) is 30.9. The molecule has 0 saturated carbocycles. The van der Waals surface area contributed by atoms with Crippen molar-refractivity contribution in [1.29, 1.82) is 0 Å². The molecule has 0 spiro atoms. The van der Waals surface area contributed by atoms with Gasteiger partial charge in [-0.25, -0.2) is 0 Å². The maximum absolute atomic E-state index is 12.0. The Kier molecular flexibility index (Phi) is 7.50. The summed E-state index contributed by atoms with van der Waals surface area (Å²) in [6.45, 7) is -1.94. The van der Waals surface area contributed by atoms with Crippen molar-refractivity contribution in [3.63, 3.8) is 0 Å². The Morgan fingerprint density at radius 1 is 0.767 bits per heavy atom. The van der Waals surface area contributed by atoms with Crippen molar-refractivity contribution >= 4 is 37.7 Å². The molecule has 2 aliphatic heterocycles. The topological polar surface area (TPSA) is 241 Å². The van der Waals surface area contributed by atoms with E-state index in [0.717, 1.165) is 0 Å². The summed E-state index contributed by atoms with van der Waals surface area (Å²) in [6, 6.07) is 13.3. The molecule has 2 aliphatic rings. The highest BCUT2D eigenvalue weighted by Gasteiger charge is 2.70. The normalized spacial score (nSPS) is 40.3. The Bertz CT molecular complexity index is 1630. The highest BCUT2D eigenvalue weighted by Crippen LogP contribution is 2.52. The second kappa shape index (κ2) is 10.6. The summed E-state index contributed by atoms with van der Waals surface area (Å²) in [4.78, 5) is 5.81. The number of aliphatic hydroxyl groups is 9. The molecule has 2 aromatic carbocycles. The summed E-state index contributed by atoms with van der Waals surface area (Å²) in [7, 11) is 0. The molecule has 2 fully saturated rings. The predicted octanol–water partition coefficient (Wildman–Crippen LogP) is -1.34. The van der Waals surface area contributed by atoms with Gasteiger partial charge >= 0.3 is 5.97 Å². The number of aromatic nitrogens is 2. The standard InChI is InChI=1S/C28H31BrN2O12/c29-25(12-33)23(36)27(39,16-10-31-18-8-4-2-6-14(16)18)24(37)28(40,43-25)42-22-21(35)26(38,20(34)19(11-32)41-22)15-9-30-17-7-3-1-5-13(15)17/h1-10,19-24,30-40H,11-12H2/t19-,20+,21+,22-,23+,24-,25-,26+,27+,28-/m1/s1. The third kappa shape index (κ3) is 4.32. The van der Waals surface area contributed by atoms with Gasteiger partial charge in [0.15, 0.2) is 28.1 Å². The Morgan fingerprint density at radius 3 is 1.84 bits per heavy atom. The Morgan fingerprint density at radius 2 is 1.30 bits per heavy atom. The molecule has 0 amide bonds. The number of para-hydroxylation sites is 2. The fourth-order valence-electron chi connectivity index (χ4n) is 6.13. The van der Waals surface area contributed by atoms with E-state index in [2.05, 4.69) is 25.9 Å². The minimum atomic E-state index is -3.37. The first-order chi connectivity index (χ1) is 20.3. The van der Waals surface area contributed by atoms with E-state index in [4.69, 9.17) is 14.2 Å². The molecule has 2 aromatic heterocycles. The summed E-state index contributed by atoms with van der Waals surface area (Å²) in [6.07, 6.45) is -9.92. The number of nitrogens with one attached hydrogen (secondary N) is 2. The van der Waals surface area contributed by atoms with E-state index < -0.39 is 71.7 Å². The van der Waals surface area contributed by atoms with Crippen molar-refractivity contribution in [2.75, 3.05) is 13.2 Å². The van der Waals surface area contributed by atoms with Gasteiger partial charge in [-0.2, -0.15) is 0 Å². The van der Waals surface area contributed by atoms with Crippen LogP contribution >= 0.6 is 15.9 Å². The average Bonchev–Trinajstić information content (AvgIpc) is 3.65. The lowest BCUT2D eigenvalue weighted by Gasteiger charge is -2.56. The van der Waals surface area contributed by atoms with Crippen molar-refractivity contribution in [3.05, 3.63) is 72.1 Å². The number of aromatic amines is 2. The van der Waals surface area contributed by atoms with Crippen molar-refractivity contribution < 1.29 is 60.2 Å². The summed E-state index contributed by atoms with van der Waals surface area (Å²) < 4.78 is 14.2. The maximum Gasteiger partial charge on any atom is 0.315 e. The van der Waals surface area contributed by atoms with Gasteiger partial charge in [0.2, 0.25) is 0 Å². The van der Waals surface area contributed by atoms with Crippen LogP contribution in [0.1, 0.15) is 11.1 Å². The molecule has 43 heavy (non-hydrogen) atoms. The average molecular weight is 667 g/mol. The highest BCUT2D eigenvalue weighted by molar-refractivity contribution is 9.10. The molecule has 2 saturated heterocycles. The van der Waals surface area contributed by atoms with E-state index in [9.17, 15) is 46.0 Å². The first kappa shape index (κ1) is 30.5. The van der Waals surface area contributed by atoms with Crippen molar-refractivity contribution in [1.82, 2.24) is 9.97 Å². The van der Waals surface area contributed by atoms with Gasteiger partial charge in [-0.3, -0.25) is 4.74 Å². The first-order valence-electron chi connectivity index (χ1n) is 13.3.